The van der Waals surface area contributed by atoms with E-state index in [1.165, 1.54) is 16.9 Å². The quantitative estimate of drug-likeness (QED) is 0.492. The normalized spacial score (nSPS) is 17.1. The fourth-order valence-electron chi connectivity index (χ4n) is 4.20. The molecule has 5 nitrogen and oxygen atoms in total. The van der Waals surface area contributed by atoms with Crippen LogP contribution < -0.4 is 5.56 Å². The first kappa shape index (κ1) is 18.1. The van der Waals surface area contributed by atoms with E-state index in [1.54, 1.807) is 16.7 Å². The summed E-state index contributed by atoms with van der Waals surface area (Å²) in [5, 5.41) is 0.509. The van der Waals surface area contributed by atoms with Gasteiger partial charge < -0.3 is 4.90 Å². The molecule has 146 valence electrons. The molecule has 5 rings (SSSR count). The molecule has 4 aromatic rings. The van der Waals surface area contributed by atoms with Crippen LogP contribution in [0.2, 0.25) is 0 Å². The molecule has 1 saturated heterocycles. The maximum Gasteiger partial charge on any atom is 0.266 e. The number of piperidine rings is 1. The lowest BCUT2D eigenvalue weighted by atomic mass is 9.95. The molecule has 3 aromatic heterocycles. The second-order valence-electron chi connectivity index (χ2n) is 7.55. The summed E-state index contributed by atoms with van der Waals surface area (Å²) >= 11 is 1.32. The highest BCUT2D eigenvalue weighted by Gasteiger charge is 2.30. The summed E-state index contributed by atoms with van der Waals surface area (Å²) in [6.45, 7) is 2.67. The minimum absolute atomic E-state index is 0.00766. The Kier molecular flexibility index (Phi) is 4.43. The highest BCUT2D eigenvalue weighted by molar-refractivity contribution is 7.20. The van der Waals surface area contributed by atoms with Gasteiger partial charge in [-0.05, 0) is 49.4 Å². The molecule has 0 radical (unpaired) electrons. The molecule has 1 aromatic carbocycles. The van der Waals surface area contributed by atoms with E-state index in [-0.39, 0.29) is 17.5 Å². The summed E-state index contributed by atoms with van der Waals surface area (Å²) in [7, 11) is 0. The molecule has 0 N–H and O–H groups in total. The lowest BCUT2D eigenvalue weighted by Gasteiger charge is -2.35. The van der Waals surface area contributed by atoms with Crippen LogP contribution in [0.1, 0.15) is 46.1 Å². The number of thiophene rings is 1. The zero-order chi connectivity index (χ0) is 20.0. The fourth-order valence-corrected chi connectivity index (χ4v) is 5.18. The first-order valence-corrected chi connectivity index (χ1v) is 10.7. The van der Waals surface area contributed by atoms with Gasteiger partial charge in [-0.2, -0.15) is 0 Å². The van der Waals surface area contributed by atoms with Crippen molar-refractivity contribution in [2.24, 2.45) is 0 Å². The third kappa shape index (κ3) is 3.04. The largest absolute Gasteiger partial charge is 0.331 e. The van der Waals surface area contributed by atoms with E-state index in [0.29, 0.717) is 20.7 Å². The zero-order valence-electron chi connectivity index (χ0n) is 16.2. The van der Waals surface area contributed by atoms with Crippen molar-refractivity contribution < 1.29 is 4.79 Å². The SMILES string of the molecule is Cc1cccn2c(=O)c3cc(C(=O)N4CCCCC4c4ccccc4)sc3nc12. The predicted octanol–water partition coefficient (Wildman–Crippen LogP) is 4.59. The Morgan fingerprint density at radius 2 is 1.97 bits per heavy atom. The van der Waals surface area contributed by atoms with Gasteiger partial charge in [0.05, 0.1) is 16.3 Å². The lowest BCUT2D eigenvalue weighted by molar-refractivity contribution is 0.0616. The van der Waals surface area contributed by atoms with Crippen molar-refractivity contribution in [3.8, 4) is 0 Å². The van der Waals surface area contributed by atoms with Crippen molar-refractivity contribution in [1.29, 1.82) is 0 Å². The van der Waals surface area contributed by atoms with Crippen LogP contribution in [-0.4, -0.2) is 26.7 Å². The highest BCUT2D eigenvalue weighted by Crippen LogP contribution is 2.34. The molecule has 29 heavy (non-hydrogen) atoms. The number of likely N-dealkylation sites (tertiary alicyclic amines) is 1. The molecule has 1 aliphatic heterocycles. The summed E-state index contributed by atoms with van der Waals surface area (Å²) in [6, 6.07) is 15.8. The molecule has 1 atom stereocenters. The number of benzene rings is 1. The summed E-state index contributed by atoms with van der Waals surface area (Å²) < 4.78 is 1.56. The minimum atomic E-state index is -0.123. The number of fused-ring (bicyclic) bond motifs is 2. The maximum absolute atomic E-state index is 13.4. The Balaban J connectivity index is 1.58. The van der Waals surface area contributed by atoms with E-state index in [4.69, 9.17) is 0 Å². The van der Waals surface area contributed by atoms with Crippen LogP contribution in [0, 0.1) is 6.92 Å². The van der Waals surface area contributed by atoms with Crippen molar-refractivity contribution in [3.63, 3.8) is 0 Å². The second-order valence-corrected chi connectivity index (χ2v) is 8.58. The minimum Gasteiger partial charge on any atom is -0.331 e. The third-order valence-electron chi connectivity index (χ3n) is 5.69. The lowest BCUT2D eigenvalue weighted by Crippen LogP contribution is -2.38. The van der Waals surface area contributed by atoms with E-state index >= 15 is 0 Å². The van der Waals surface area contributed by atoms with Gasteiger partial charge in [-0.1, -0.05) is 36.4 Å². The molecule has 0 bridgehead atoms. The van der Waals surface area contributed by atoms with E-state index in [2.05, 4.69) is 17.1 Å². The number of rotatable bonds is 2. The fraction of sp³-hybridized carbons (Fsp3) is 0.261. The van der Waals surface area contributed by atoms with E-state index < -0.39 is 0 Å². The van der Waals surface area contributed by atoms with E-state index in [9.17, 15) is 9.59 Å². The average Bonchev–Trinajstić information content (AvgIpc) is 3.19. The summed E-state index contributed by atoms with van der Waals surface area (Å²) in [5.41, 5.74) is 2.63. The first-order chi connectivity index (χ1) is 14.1. The molecule has 1 fully saturated rings. The standard InChI is InChI=1S/C23H21N3O2S/c1-15-8-7-13-26-20(15)24-21-17(22(26)27)14-19(29-21)23(28)25-12-6-5-11-18(25)16-9-3-2-4-10-16/h2-4,7-10,13-14,18H,5-6,11-12H2,1H3. The van der Waals surface area contributed by atoms with Gasteiger partial charge in [-0.25, -0.2) is 4.98 Å². The molecule has 0 aliphatic carbocycles. The first-order valence-electron chi connectivity index (χ1n) is 9.91. The van der Waals surface area contributed by atoms with Crippen molar-refractivity contribution in [2.75, 3.05) is 6.54 Å². The van der Waals surface area contributed by atoms with E-state index in [1.807, 2.05) is 42.2 Å². The molecule has 1 aliphatic rings. The van der Waals surface area contributed by atoms with Crippen LogP contribution in [0.15, 0.2) is 59.5 Å². The van der Waals surface area contributed by atoms with Gasteiger partial charge in [-0.15, -0.1) is 11.3 Å². The van der Waals surface area contributed by atoms with Crippen LogP contribution in [-0.2, 0) is 0 Å². The highest BCUT2D eigenvalue weighted by atomic mass is 32.1. The number of carbonyl (C=O) groups excluding carboxylic acids is 1. The molecule has 1 unspecified atom stereocenters. The molecular weight excluding hydrogens is 382 g/mol. The number of pyridine rings is 1. The maximum atomic E-state index is 13.4. The predicted molar refractivity (Wildman–Crippen MR) is 116 cm³/mol. The van der Waals surface area contributed by atoms with Crippen molar-refractivity contribution in [2.45, 2.75) is 32.2 Å². The molecule has 0 saturated carbocycles. The number of aromatic nitrogens is 2. The van der Waals surface area contributed by atoms with Gasteiger partial charge in [0.1, 0.15) is 10.5 Å². The van der Waals surface area contributed by atoms with Crippen LogP contribution >= 0.6 is 11.3 Å². The molecule has 0 spiro atoms. The van der Waals surface area contributed by atoms with Crippen molar-refractivity contribution in [1.82, 2.24) is 14.3 Å². The number of hydrogen-bond acceptors (Lipinski definition) is 4. The Hall–Kier alpha value is -2.99. The topological polar surface area (TPSA) is 54.7 Å². The summed E-state index contributed by atoms with van der Waals surface area (Å²) in [5.74, 6) is -0.00766. The summed E-state index contributed by atoms with van der Waals surface area (Å²) in [6.07, 6.45) is 4.81. The van der Waals surface area contributed by atoms with Crippen LogP contribution in [0.3, 0.4) is 0 Å². The molecule has 1 amide bonds. The molecule has 6 heteroatoms. The average molecular weight is 404 g/mol. The van der Waals surface area contributed by atoms with Gasteiger partial charge in [0, 0.05) is 12.7 Å². The van der Waals surface area contributed by atoms with Gasteiger partial charge >= 0.3 is 0 Å². The molecule has 4 heterocycles. The van der Waals surface area contributed by atoms with Crippen molar-refractivity contribution >= 4 is 33.1 Å². The van der Waals surface area contributed by atoms with Gasteiger partial charge in [0.15, 0.2) is 0 Å². The number of hydrogen-bond donors (Lipinski definition) is 0. The molecular formula is C23H21N3O2S. The van der Waals surface area contributed by atoms with Gasteiger partial charge in [0.25, 0.3) is 11.5 Å². The van der Waals surface area contributed by atoms with Gasteiger partial charge in [-0.3, -0.25) is 14.0 Å². The zero-order valence-corrected chi connectivity index (χ0v) is 17.0. The Morgan fingerprint density at radius 1 is 1.14 bits per heavy atom. The number of amides is 1. The van der Waals surface area contributed by atoms with Gasteiger partial charge in [0.2, 0.25) is 0 Å². The van der Waals surface area contributed by atoms with Crippen molar-refractivity contribution in [3.05, 3.63) is 81.1 Å². The number of aryl methyl sites for hydroxylation is 1. The Labute approximate surface area is 172 Å². The second kappa shape index (κ2) is 7.12. The third-order valence-corrected chi connectivity index (χ3v) is 6.71. The Morgan fingerprint density at radius 3 is 2.79 bits per heavy atom. The smallest absolute Gasteiger partial charge is 0.266 e. The monoisotopic (exact) mass is 403 g/mol. The van der Waals surface area contributed by atoms with Crippen LogP contribution in [0.4, 0.5) is 0 Å². The van der Waals surface area contributed by atoms with E-state index in [0.717, 1.165) is 31.4 Å². The summed E-state index contributed by atoms with van der Waals surface area (Å²) in [4.78, 5) is 34.2. The van der Waals surface area contributed by atoms with Crippen LogP contribution in [0.25, 0.3) is 15.9 Å². The van der Waals surface area contributed by atoms with Crippen LogP contribution in [0.5, 0.6) is 0 Å². The Bertz CT molecular complexity index is 1280. The number of carbonyl (C=O) groups is 1. The number of nitrogens with zero attached hydrogens (tertiary/aromatic N) is 3.